The molecule has 0 aromatic heterocycles. The molecule has 2 fully saturated rings. The standard InChI is InChI=1S/C27H40O4/c1-16(2)30-20-8-11-25(6)22-9-12-26(7)23(21(22)14-17(3)24(25)15-20)10-13-27(26,18(4)28)31-19(5)29/h14-16,20-23H,8-13H2,1-7H3/t20-,21-,22-,23+,25-,26+,27+/m1/s1. The number of allylic oxidation sites excluding steroid dienone is 3. The van der Waals surface area contributed by atoms with Crippen LogP contribution in [0.3, 0.4) is 0 Å². The molecule has 4 heteroatoms. The van der Waals surface area contributed by atoms with Gasteiger partial charge in [0, 0.05) is 12.3 Å². The molecule has 0 saturated heterocycles. The van der Waals surface area contributed by atoms with Gasteiger partial charge in [-0.15, -0.1) is 0 Å². The molecule has 4 nitrogen and oxygen atoms in total. The summed E-state index contributed by atoms with van der Waals surface area (Å²) in [6.07, 6.45) is 11.2. The first kappa shape index (κ1) is 22.8. The molecule has 0 radical (unpaired) electrons. The van der Waals surface area contributed by atoms with Crippen molar-refractivity contribution in [3.63, 3.8) is 0 Å². The van der Waals surface area contributed by atoms with Gasteiger partial charge in [-0.2, -0.15) is 0 Å². The molecule has 0 amide bonds. The number of hydrogen-bond donors (Lipinski definition) is 0. The second kappa shape index (κ2) is 7.57. The number of rotatable bonds is 4. The van der Waals surface area contributed by atoms with Crippen LogP contribution >= 0.6 is 0 Å². The summed E-state index contributed by atoms with van der Waals surface area (Å²) in [6, 6.07) is 0. The first-order valence-electron chi connectivity index (χ1n) is 12.2. The molecule has 4 rings (SSSR count). The van der Waals surface area contributed by atoms with Gasteiger partial charge in [0.15, 0.2) is 11.4 Å². The summed E-state index contributed by atoms with van der Waals surface area (Å²) in [4.78, 5) is 24.9. The van der Waals surface area contributed by atoms with E-state index in [4.69, 9.17) is 9.47 Å². The molecule has 4 aliphatic carbocycles. The van der Waals surface area contributed by atoms with Crippen LogP contribution in [0.5, 0.6) is 0 Å². The summed E-state index contributed by atoms with van der Waals surface area (Å²) in [5, 5.41) is 0. The van der Waals surface area contributed by atoms with Gasteiger partial charge in [-0.25, -0.2) is 0 Å². The van der Waals surface area contributed by atoms with E-state index >= 15 is 0 Å². The molecule has 0 unspecified atom stereocenters. The van der Waals surface area contributed by atoms with Crippen molar-refractivity contribution in [2.24, 2.45) is 28.6 Å². The van der Waals surface area contributed by atoms with Crippen molar-refractivity contribution in [3.8, 4) is 0 Å². The van der Waals surface area contributed by atoms with Crippen molar-refractivity contribution >= 4 is 11.8 Å². The van der Waals surface area contributed by atoms with Gasteiger partial charge in [-0.1, -0.05) is 31.6 Å². The van der Waals surface area contributed by atoms with Gasteiger partial charge in [0.2, 0.25) is 0 Å². The van der Waals surface area contributed by atoms with E-state index in [0.717, 1.165) is 32.1 Å². The van der Waals surface area contributed by atoms with E-state index in [1.807, 2.05) is 0 Å². The number of ketones is 1. The van der Waals surface area contributed by atoms with Gasteiger partial charge in [0.25, 0.3) is 0 Å². The maximum atomic E-state index is 12.9. The molecule has 2 saturated carbocycles. The first-order valence-corrected chi connectivity index (χ1v) is 12.2. The molecule has 0 N–H and O–H groups in total. The first-order chi connectivity index (χ1) is 14.4. The maximum absolute atomic E-state index is 12.9. The zero-order valence-corrected chi connectivity index (χ0v) is 20.4. The maximum Gasteiger partial charge on any atom is 0.303 e. The largest absolute Gasteiger partial charge is 0.451 e. The van der Waals surface area contributed by atoms with Gasteiger partial charge in [-0.05, 0) is 95.0 Å². The number of carbonyl (C=O) groups is 2. The molecule has 0 bridgehead atoms. The lowest BCUT2D eigenvalue weighted by Gasteiger charge is -2.58. The number of Topliss-reactive ketones (excluding diaryl/α,β-unsaturated/α-hetero) is 1. The van der Waals surface area contributed by atoms with Crippen molar-refractivity contribution in [3.05, 3.63) is 23.3 Å². The molecular formula is C27H40O4. The zero-order valence-electron chi connectivity index (χ0n) is 20.4. The summed E-state index contributed by atoms with van der Waals surface area (Å²) in [7, 11) is 0. The summed E-state index contributed by atoms with van der Waals surface area (Å²) >= 11 is 0. The molecule has 172 valence electrons. The fraction of sp³-hybridized carbons (Fsp3) is 0.778. The Labute approximate surface area is 187 Å². The number of esters is 1. The average Bonchev–Trinajstić information content (AvgIpc) is 2.96. The summed E-state index contributed by atoms with van der Waals surface area (Å²) in [5.74, 6) is 1.05. The third-order valence-electron chi connectivity index (χ3n) is 9.39. The highest BCUT2D eigenvalue weighted by Gasteiger charge is 2.67. The van der Waals surface area contributed by atoms with Crippen LogP contribution in [0.25, 0.3) is 0 Å². The Morgan fingerprint density at radius 2 is 1.68 bits per heavy atom. The van der Waals surface area contributed by atoms with Crippen LogP contribution in [-0.2, 0) is 19.1 Å². The van der Waals surface area contributed by atoms with Crippen molar-refractivity contribution < 1.29 is 19.1 Å². The molecule has 0 heterocycles. The van der Waals surface area contributed by atoms with E-state index in [0.29, 0.717) is 24.2 Å². The molecule has 31 heavy (non-hydrogen) atoms. The molecular weight excluding hydrogens is 388 g/mol. The van der Waals surface area contributed by atoms with Crippen molar-refractivity contribution in [1.82, 2.24) is 0 Å². The van der Waals surface area contributed by atoms with E-state index in [9.17, 15) is 9.59 Å². The molecule has 0 aromatic rings. The predicted molar refractivity (Wildman–Crippen MR) is 121 cm³/mol. The van der Waals surface area contributed by atoms with Crippen molar-refractivity contribution in [2.45, 2.75) is 105 Å². The SMILES string of the molecule is CC(=O)O[C@]1(C(C)=O)CC[C@H]2[C@@H]3C=C(C)C4=C[C@H](OC(C)C)CC[C@]4(C)[C@@H]3CC[C@@]21C. The lowest BCUT2D eigenvalue weighted by atomic mass is 9.47. The van der Waals surface area contributed by atoms with Crippen LogP contribution in [0.4, 0.5) is 0 Å². The fourth-order valence-corrected chi connectivity index (χ4v) is 8.07. The molecule has 0 aliphatic heterocycles. The monoisotopic (exact) mass is 428 g/mol. The minimum atomic E-state index is -0.962. The van der Waals surface area contributed by atoms with Crippen LogP contribution in [-0.4, -0.2) is 29.6 Å². The Balaban J connectivity index is 1.72. The van der Waals surface area contributed by atoms with Crippen LogP contribution in [0.15, 0.2) is 23.3 Å². The van der Waals surface area contributed by atoms with E-state index < -0.39 is 5.60 Å². The van der Waals surface area contributed by atoms with Crippen LogP contribution in [0.2, 0.25) is 0 Å². The number of fused-ring (bicyclic) bond motifs is 5. The second-order valence-electron chi connectivity index (χ2n) is 11.4. The van der Waals surface area contributed by atoms with E-state index in [1.165, 1.54) is 18.1 Å². The fourth-order valence-electron chi connectivity index (χ4n) is 8.07. The van der Waals surface area contributed by atoms with Gasteiger partial charge in [-0.3, -0.25) is 9.59 Å². The number of carbonyl (C=O) groups excluding carboxylic acids is 2. The Morgan fingerprint density at radius 1 is 1.00 bits per heavy atom. The highest BCUT2D eigenvalue weighted by atomic mass is 16.6. The Hall–Kier alpha value is -1.42. The lowest BCUT2D eigenvalue weighted by molar-refractivity contribution is -0.185. The summed E-state index contributed by atoms with van der Waals surface area (Å²) < 4.78 is 12.0. The van der Waals surface area contributed by atoms with Gasteiger partial charge < -0.3 is 9.47 Å². The molecule has 7 atom stereocenters. The van der Waals surface area contributed by atoms with Crippen LogP contribution < -0.4 is 0 Å². The highest BCUT2D eigenvalue weighted by Crippen LogP contribution is 2.68. The van der Waals surface area contributed by atoms with Crippen LogP contribution in [0, 0.1) is 28.6 Å². The smallest absolute Gasteiger partial charge is 0.303 e. The Bertz CT molecular complexity index is 838. The minimum absolute atomic E-state index is 0.0146. The summed E-state index contributed by atoms with van der Waals surface area (Å²) in [5.41, 5.74) is 1.75. The summed E-state index contributed by atoms with van der Waals surface area (Å²) in [6.45, 7) is 14.2. The van der Waals surface area contributed by atoms with E-state index in [2.05, 4.69) is 46.8 Å². The quantitative estimate of drug-likeness (QED) is 0.531. The topological polar surface area (TPSA) is 52.6 Å². The van der Waals surface area contributed by atoms with Crippen molar-refractivity contribution in [1.29, 1.82) is 0 Å². The van der Waals surface area contributed by atoms with Gasteiger partial charge >= 0.3 is 5.97 Å². The third kappa shape index (κ3) is 3.27. The highest BCUT2D eigenvalue weighted by molar-refractivity contribution is 5.89. The zero-order chi connectivity index (χ0) is 22.8. The third-order valence-corrected chi connectivity index (χ3v) is 9.39. The van der Waals surface area contributed by atoms with Crippen LogP contribution in [0.1, 0.15) is 87.0 Å². The predicted octanol–water partition coefficient (Wildman–Crippen LogP) is 5.80. The molecule has 0 aromatic carbocycles. The van der Waals surface area contributed by atoms with E-state index in [-0.39, 0.29) is 34.8 Å². The lowest BCUT2D eigenvalue weighted by Crippen LogP contribution is -2.58. The van der Waals surface area contributed by atoms with Gasteiger partial charge in [0.05, 0.1) is 12.2 Å². The Kier molecular flexibility index (Phi) is 5.56. The normalized spacial score (nSPS) is 44.0. The Morgan fingerprint density at radius 3 is 2.29 bits per heavy atom. The number of hydrogen-bond acceptors (Lipinski definition) is 4. The second-order valence-corrected chi connectivity index (χ2v) is 11.4. The van der Waals surface area contributed by atoms with Gasteiger partial charge in [0.1, 0.15) is 0 Å². The number of ether oxygens (including phenoxy) is 2. The minimum Gasteiger partial charge on any atom is -0.451 e. The molecule has 0 spiro atoms. The van der Waals surface area contributed by atoms with E-state index in [1.54, 1.807) is 6.92 Å². The average molecular weight is 429 g/mol. The van der Waals surface area contributed by atoms with Crippen molar-refractivity contribution in [2.75, 3.05) is 0 Å². The molecule has 4 aliphatic rings.